The minimum atomic E-state index is -0.856. The van der Waals surface area contributed by atoms with Crippen LogP contribution in [0.3, 0.4) is 0 Å². The van der Waals surface area contributed by atoms with E-state index in [0.29, 0.717) is 12.3 Å². The number of hydrogen-bond donors (Lipinski definition) is 1. The van der Waals surface area contributed by atoms with Gasteiger partial charge in [-0.3, -0.25) is 14.6 Å². The van der Waals surface area contributed by atoms with Gasteiger partial charge in [0.1, 0.15) is 11.8 Å². The molecule has 0 radical (unpaired) electrons. The summed E-state index contributed by atoms with van der Waals surface area (Å²) >= 11 is 12.4. The van der Waals surface area contributed by atoms with Gasteiger partial charge in [0.25, 0.3) is 11.7 Å². The first-order valence-corrected chi connectivity index (χ1v) is 10.5. The molecule has 2 aliphatic rings. The van der Waals surface area contributed by atoms with E-state index in [2.05, 4.69) is 4.98 Å². The van der Waals surface area contributed by atoms with Gasteiger partial charge in [0.2, 0.25) is 0 Å². The second-order valence-corrected chi connectivity index (χ2v) is 8.13. The Balaban J connectivity index is 1.84. The normalized spacial score (nSPS) is 22.9. The molecule has 2 aliphatic heterocycles. The van der Waals surface area contributed by atoms with Crippen LogP contribution in [0.2, 0.25) is 10.0 Å². The first-order chi connectivity index (χ1) is 14.9. The Bertz CT molecular complexity index is 1030. The van der Waals surface area contributed by atoms with Crippen LogP contribution >= 0.6 is 23.2 Å². The van der Waals surface area contributed by atoms with E-state index in [0.717, 1.165) is 12.8 Å². The van der Waals surface area contributed by atoms with E-state index < -0.39 is 17.7 Å². The van der Waals surface area contributed by atoms with Gasteiger partial charge in [-0.25, -0.2) is 0 Å². The van der Waals surface area contributed by atoms with Gasteiger partial charge in [-0.2, -0.15) is 0 Å². The van der Waals surface area contributed by atoms with Crippen molar-refractivity contribution in [3.63, 3.8) is 0 Å². The molecule has 0 saturated carbocycles. The number of benzene rings is 1. The number of hydrogen-bond acceptors (Lipinski definition) is 6. The van der Waals surface area contributed by atoms with Crippen molar-refractivity contribution in [3.05, 3.63) is 63.4 Å². The molecular formula is C22H20Cl2N2O5. The summed E-state index contributed by atoms with van der Waals surface area (Å²) in [6.07, 6.45) is 3.09. The second kappa shape index (κ2) is 8.86. The summed E-state index contributed by atoms with van der Waals surface area (Å²) < 4.78 is 10.8. The van der Waals surface area contributed by atoms with Crippen molar-refractivity contribution >= 4 is 40.7 Å². The third-order valence-corrected chi connectivity index (χ3v) is 5.97. The standard InChI is InChI=1S/C22H20Cl2N2O5/c1-30-21-14(23)9-12(10-15(21)24)19(27)17-18(16-6-2-3-7-25-16)26(22(29)20(17)28)11-13-5-4-8-31-13/h2-3,6-7,9-10,13,18,27H,4-5,8,11H2,1H3/b19-17+. The predicted octanol–water partition coefficient (Wildman–Crippen LogP) is 4.00. The highest BCUT2D eigenvalue weighted by Crippen LogP contribution is 2.41. The molecule has 1 aromatic carbocycles. The molecule has 31 heavy (non-hydrogen) atoms. The van der Waals surface area contributed by atoms with Crippen LogP contribution in [-0.2, 0) is 14.3 Å². The minimum Gasteiger partial charge on any atom is -0.507 e. The molecule has 2 fully saturated rings. The lowest BCUT2D eigenvalue weighted by Gasteiger charge is -2.26. The van der Waals surface area contributed by atoms with Gasteiger partial charge >= 0.3 is 0 Å². The van der Waals surface area contributed by atoms with Gasteiger partial charge in [-0.1, -0.05) is 29.3 Å². The van der Waals surface area contributed by atoms with Gasteiger partial charge in [-0.05, 0) is 37.1 Å². The van der Waals surface area contributed by atoms with Crippen LogP contribution in [0.5, 0.6) is 5.75 Å². The summed E-state index contributed by atoms with van der Waals surface area (Å²) in [6.45, 7) is 0.846. The molecule has 2 unspecified atom stereocenters. The number of aromatic nitrogens is 1. The van der Waals surface area contributed by atoms with Gasteiger partial charge in [-0.15, -0.1) is 0 Å². The first kappa shape index (κ1) is 21.6. The van der Waals surface area contributed by atoms with Gasteiger partial charge in [0, 0.05) is 24.9 Å². The van der Waals surface area contributed by atoms with Crippen molar-refractivity contribution in [2.24, 2.45) is 0 Å². The number of nitrogens with zero attached hydrogens (tertiary/aromatic N) is 2. The number of aliphatic hydroxyl groups excluding tert-OH is 1. The molecule has 0 spiro atoms. The van der Waals surface area contributed by atoms with E-state index in [-0.39, 0.29) is 45.3 Å². The molecule has 1 amide bonds. The van der Waals surface area contributed by atoms with E-state index in [1.54, 1.807) is 24.4 Å². The average molecular weight is 463 g/mol. The molecule has 0 bridgehead atoms. The van der Waals surface area contributed by atoms with Gasteiger partial charge in [0.15, 0.2) is 5.75 Å². The maximum absolute atomic E-state index is 13.0. The van der Waals surface area contributed by atoms with Crippen molar-refractivity contribution in [1.29, 1.82) is 0 Å². The number of Topliss-reactive ketones (excluding diaryl/α,β-unsaturated/α-hetero) is 1. The average Bonchev–Trinajstić information content (AvgIpc) is 3.36. The van der Waals surface area contributed by atoms with E-state index in [1.165, 1.54) is 24.1 Å². The largest absolute Gasteiger partial charge is 0.507 e. The SMILES string of the molecule is COc1c(Cl)cc(/C(O)=C2\C(=O)C(=O)N(CC3CCCO3)C2c2ccccn2)cc1Cl. The fourth-order valence-electron chi connectivity index (χ4n) is 3.97. The number of methoxy groups -OCH3 is 1. The summed E-state index contributed by atoms with van der Waals surface area (Å²) in [7, 11) is 1.42. The maximum Gasteiger partial charge on any atom is 0.295 e. The fourth-order valence-corrected chi connectivity index (χ4v) is 4.61. The smallest absolute Gasteiger partial charge is 0.295 e. The van der Waals surface area contributed by atoms with Crippen molar-refractivity contribution in [3.8, 4) is 5.75 Å². The highest BCUT2D eigenvalue weighted by Gasteiger charge is 2.47. The zero-order valence-electron chi connectivity index (χ0n) is 16.7. The van der Waals surface area contributed by atoms with Crippen LogP contribution in [0.1, 0.15) is 30.1 Å². The molecule has 4 rings (SSSR count). The van der Waals surface area contributed by atoms with Crippen molar-refractivity contribution < 1.29 is 24.2 Å². The van der Waals surface area contributed by atoms with Crippen molar-refractivity contribution in [2.45, 2.75) is 25.0 Å². The van der Waals surface area contributed by atoms with E-state index in [1.807, 2.05) is 0 Å². The van der Waals surface area contributed by atoms with Gasteiger partial charge < -0.3 is 19.5 Å². The topological polar surface area (TPSA) is 89.0 Å². The molecule has 1 N–H and O–H groups in total. The quantitative estimate of drug-likeness (QED) is 0.410. The Morgan fingerprint density at radius 2 is 2.03 bits per heavy atom. The highest BCUT2D eigenvalue weighted by molar-refractivity contribution is 6.46. The monoisotopic (exact) mass is 462 g/mol. The minimum absolute atomic E-state index is 0.0704. The number of pyridine rings is 1. The van der Waals surface area contributed by atoms with Crippen LogP contribution in [0, 0.1) is 0 Å². The highest BCUT2D eigenvalue weighted by atomic mass is 35.5. The summed E-state index contributed by atoms with van der Waals surface area (Å²) in [5.74, 6) is -1.64. The number of amides is 1. The summed E-state index contributed by atoms with van der Waals surface area (Å²) in [6, 6.07) is 7.22. The number of carbonyl (C=O) groups is 2. The van der Waals surface area contributed by atoms with E-state index >= 15 is 0 Å². The van der Waals surface area contributed by atoms with Crippen molar-refractivity contribution in [2.75, 3.05) is 20.3 Å². The number of carbonyl (C=O) groups excluding carboxylic acids is 2. The van der Waals surface area contributed by atoms with Crippen LogP contribution in [0.4, 0.5) is 0 Å². The first-order valence-electron chi connectivity index (χ1n) is 9.76. The zero-order chi connectivity index (χ0) is 22.1. The predicted molar refractivity (Wildman–Crippen MR) is 115 cm³/mol. The molecule has 9 heteroatoms. The van der Waals surface area contributed by atoms with Gasteiger partial charge in [0.05, 0.1) is 34.5 Å². The molecular weight excluding hydrogens is 443 g/mol. The number of likely N-dealkylation sites (tertiary alicyclic amines) is 1. The molecule has 0 aliphatic carbocycles. The lowest BCUT2D eigenvalue weighted by Crippen LogP contribution is -2.36. The molecule has 7 nitrogen and oxygen atoms in total. The Morgan fingerprint density at radius 3 is 2.61 bits per heavy atom. The number of ketones is 1. The van der Waals surface area contributed by atoms with Crippen LogP contribution < -0.4 is 4.74 Å². The summed E-state index contributed by atoms with van der Waals surface area (Å²) in [4.78, 5) is 31.7. The van der Waals surface area contributed by atoms with Crippen molar-refractivity contribution in [1.82, 2.24) is 9.88 Å². The molecule has 162 valence electrons. The third kappa shape index (κ3) is 4.01. The Kier molecular flexibility index (Phi) is 6.18. The second-order valence-electron chi connectivity index (χ2n) is 7.31. The third-order valence-electron chi connectivity index (χ3n) is 5.41. The van der Waals surface area contributed by atoms with E-state index in [9.17, 15) is 14.7 Å². The molecule has 2 atom stereocenters. The number of rotatable bonds is 5. The Hall–Kier alpha value is -2.61. The van der Waals surface area contributed by atoms with E-state index in [4.69, 9.17) is 32.7 Å². The number of aliphatic hydroxyl groups is 1. The number of halogens is 2. The Labute approximate surface area is 189 Å². The summed E-state index contributed by atoms with van der Waals surface area (Å²) in [5.41, 5.74) is 0.595. The zero-order valence-corrected chi connectivity index (χ0v) is 18.2. The fraction of sp³-hybridized carbons (Fsp3) is 0.318. The lowest BCUT2D eigenvalue weighted by atomic mass is 9.98. The molecule has 2 saturated heterocycles. The Morgan fingerprint density at radius 1 is 1.29 bits per heavy atom. The molecule has 3 heterocycles. The molecule has 2 aromatic rings. The number of ether oxygens (including phenoxy) is 2. The van der Waals surface area contributed by atoms with Crippen LogP contribution in [0.25, 0.3) is 5.76 Å². The maximum atomic E-state index is 13.0. The lowest BCUT2D eigenvalue weighted by molar-refractivity contribution is -0.140. The van der Waals surface area contributed by atoms with Crippen LogP contribution in [-0.4, -0.2) is 53.0 Å². The summed E-state index contributed by atoms with van der Waals surface area (Å²) in [5, 5.41) is 11.4. The molecule has 1 aromatic heterocycles. The van der Waals surface area contributed by atoms with Crippen LogP contribution in [0.15, 0.2) is 42.1 Å².